The van der Waals surface area contributed by atoms with Crippen LogP contribution in [0, 0.1) is 6.92 Å². The molecule has 0 amide bonds. The normalized spacial score (nSPS) is 23.1. The van der Waals surface area contributed by atoms with Gasteiger partial charge in [0.05, 0.1) is 0 Å². The lowest BCUT2D eigenvalue weighted by Crippen LogP contribution is -2.50. The van der Waals surface area contributed by atoms with Gasteiger partial charge in [-0.3, -0.25) is 4.90 Å². The molecule has 0 bridgehead atoms. The largest absolute Gasteiger partial charge is 0.354 e. The molecule has 3 heterocycles. The monoisotopic (exact) mass is 274 g/mol. The third-order valence-electron chi connectivity index (χ3n) is 4.66. The van der Waals surface area contributed by atoms with E-state index in [-0.39, 0.29) is 0 Å². The highest BCUT2D eigenvalue weighted by Crippen LogP contribution is 2.25. The van der Waals surface area contributed by atoms with Crippen LogP contribution in [-0.4, -0.2) is 48.6 Å². The van der Waals surface area contributed by atoms with Crippen molar-refractivity contribution in [1.82, 2.24) is 15.2 Å². The Labute approximate surface area is 122 Å². The standard InChI is InChI=1S/C16H26N4/c1-3-17-11-14-6-7-16(18-13(14)2)20-10-9-19-8-4-5-15(19)12-20/h6-7,15,17H,3-5,8-12H2,1-2H3. The van der Waals surface area contributed by atoms with E-state index in [1.807, 2.05) is 0 Å². The molecule has 4 heteroatoms. The summed E-state index contributed by atoms with van der Waals surface area (Å²) in [5.41, 5.74) is 2.48. The van der Waals surface area contributed by atoms with Crippen LogP contribution in [0.15, 0.2) is 12.1 Å². The Hall–Kier alpha value is -1.13. The summed E-state index contributed by atoms with van der Waals surface area (Å²) in [5.74, 6) is 1.16. The third kappa shape index (κ3) is 2.81. The Bertz CT molecular complexity index is 460. The minimum atomic E-state index is 0.757. The van der Waals surface area contributed by atoms with Gasteiger partial charge >= 0.3 is 0 Å². The zero-order valence-electron chi connectivity index (χ0n) is 12.7. The van der Waals surface area contributed by atoms with Crippen LogP contribution < -0.4 is 10.2 Å². The SMILES string of the molecule is CCNCc1ccc(N2CCN3CCCC3C2)nc1C. The van der Waals surface area contributed by atoms with Gasteiger partial charge in [0.2, 0.25) is 0 Å². The number of nitrogens with zero attached hydrogens (tertiary/aromatic N) is 3. The summed E-state index contributed by atoms with van der Waals surface area (Å²) in [6.45, 7) is 11.0. The maximum absolute atomic E-state index is 4.83. The van der Waals surface area contributed by atoms with Crippen molar-refractivity contribution in [2.75, 3.05) is 37.6 Å². The van der Waals surface area contributed by atoms with E-state index >= 15 is 0 Å². The number of piperazine rings is 1. The van der Waals surface area contributed by atoms with Crippen LogP contribution >= 0.6 is 0 Å². The Morgan fingerprint density at radius 3 is 3.00 bits per heavy atom. The number of aromatic nitrogens is 1. The maximum atomic E-state index is 4.83. The second-order valence-corrected chi connectivity index (χ2v) is 5.97. The summed E-state index contributed by atoms with van der Waals surface area (Å²) in [7, 11) is 0. The maximum Gasteiger partial charge on any atom is 0.128 e. The molecule has 2 aliphatic heterocycles. The average molecular weight is 274 g/mol. The van der Waals surface area contributed by atoms with Crippen molar-refractivity contribution in [3.05, 3.63) is 23.4 Å². The van der Waals surface area contributed by atoms with Crippen LogP contribution in [0.1, 0.15) is 31.0 Å². The molecule has 0 aliphatic carbocycles. The number of anilines is 1. The molecule has 0 aromatic carbocycles. The van der Waals surface area contributed by atoms with Crippen molar-refractivity contribution >= 4 is 5.82 Å². The van der Waals surface area contributed by atoms with Gasteiger partial charge in [-0.2, -0.15) is 0 Å². The molecule has 1 aromatic heterocycles. The molecule has 1 aromatic rings. The lowest BCUT2D eigenvalue weighted by molar-refractivity contribution is 0.230. The first kappa shape index (κ1) is 13.8. The molecule has 1 N–H and O–H groups in total. The molecule has 110 valence electrons. The van der Waals surface area contributed by atoms with Crippen LogP contribution in [0.25, 0.3) is 0 Å². The quantitative estimate of drug-likeness (QED) is 0.907. The van der Waals surface area contributed by atoms with Crippen molar-refractivity contribution < 1.29 is 0 Å². The summed E-state index contributed by atoms with van der Waals surface area (Å²) in [6.07, 6.45) is 2.72. The van der Waals surface area contributed by atoms with E-state index in [9.17, 15) is 0 Å². The van der Waals surface area contributed by atoms with Gasteiger partial charge in [-0.05, 0) is 44.5 Å². The van der Waals surface area contributed by atoms with Gasteiger partial charge in [0.25, 0.3) is 0 Å². The fourth-order valence-electron chi connectivity index (χ4n) is 3.40. The smallest absolute Gasteiger partial charge is 0.128 e. The summed E-state index contributed by atoms with van der Waals surface area (Å²) in [4.78, 5) is 9.94. The fourth-order valence-corrected chi connectivity index (χ4v) is 3.40. The van der Waals surface area contributed by atoms with E-state index in [1.165, 1.54) is 31.5 Å². The van der Waals surface area contributed by atoms with Gasteiger partial charge in [-0.1, -0.05) is 13.0 Å². The molecule has 2 aliphatic rings. The number of nitrogens with one attached hydrogen (secondary N) is 1. The summed E-state index contributed by atoms with van der Waals surface area (Å²) >= 11 is 0. The second kappa shape index (κ2) is 6.10. The van der Waals surface area contributed by atoms with Gasteiger partial charge in [0, 0.05) is 37.9 Å². The predicted molar refractivity (Wildman–Crippen MR) is 83.2 cm³/mol. The predicted octanol–water partition coefficient (Wildman–Crippen LogP) is 1.78. The number of aryl methyl sites for hydroxylation is 1. The van der Waals surface area contributed by atoms with Crippen molar-refractivity contribution in [2.24, 2.45) is 0 Å². The number of pyridine rings is 1. The van der Waals surface area contributed by atoms with Crippen LogP contribution in [0.3, 0.4) is 0 Å². The van der Waals surface area contributed by atoms with E-state index in [4.69, 9.17) is 4.98 Å². The van der Waals surface area contributed by atoms with Crippen LogP contribution in [0.5, 0.6) is 0 Å². The molecular formula is C16H26N4. The zero-order chi connectivity index (χ0) is 13.9. The Morgan fingerprint density at radius 1 is 1.30 bits per heavy atom. The highest BCUT2D eigenvalue weighted by Gasteiger charge is 2.30. The number of rotatable bonds is 4. The first-order valence-electron chi connectivity index (χ1n) is 7.94. The third-order valence-corrected chi connectivity index (χ3v) is 4.66. The minimum Gasteiger partial charge on any atom is -0.354 e. The lowest BCUT2D eigenvalue weighted by atomic mass is 10.1. The molecule has 3 rings (SSSR count). The lowest BCUT2D eigenvalue weighted by Gasteiger charge is -2.38. The van der Waals surface area contributed by atoms with Gasteiger partial charge in [0.15, 0.2) is 0 Å². The molecule has 0 radical (unpaired) electrons. The van der Waals surface area contributed by atoms with Crippen molar-refractivity contribution in [3.63, 3.8) is 0 Å². The fraction of sp³-hybridized carbons (Fsp3) is 0.688. The Balaban J connectivity index is 1.69. The minimum absolute atomic E-state index is 0.757. The molecule has 0 saturated carbocycles. The molecule has 0 spiro atoms. The molecule has 20 heavy (non-hydrogen) atoms. The van der Waals surface area contributed by atoms with Crippen LogP contribution in [0.2, 0.25) is 0 Å². The van der Waals surface area contributed by atoms with E-state index in [0.717, 1.165) is 43.7 Å². The van der Waals surface area contributed by atoms with Gasteiger partial charge in [-0.15, -0.1) is 0 Å². The molecule has 2 fully saturated rings. The number of fused-ring (bicyclic) bond motifs is 1. The van der Waals surface area contributed by atoms with Crippen LogP contribution in [-0.2, 0) is 6.54 Å². The Morgan fingerprint density at radius 2 is 2.20 bits per heavy atom. The first-order valence-corrected chi connectivity index (χ1v) is 7.94. The highest BCUT2D eigenvalue weighted by molar-refractivity contribution is 5.42. The molecule has 4 nitrogen and oxygen atoms in total. The topological polar surface area (TPSA) is 31.4 Å². The molecule has 1 atom stereocenters. The summed E-state index contributed by atoms with van der Waals surface area (Å²) in [6, 6.07) is 5.19. The molecule has 2 saturated heterocycles. The summed E-state index contributed by atoms with van der Waals surface area (Å²) in [5, 5.41) is 3.37. The molecular weight excluding hydrogens is 248 g/mol. The zero-order valence-corrected chi connectivity index (χ0v) is 12.7. The second-order valence-electron chi connectivity index (χ2n) is 5.97. The van der Waals surface area contributed by atoms with Crippen molar-refractivity contribution in [2.45, 2.75) is 39.3 Å². The summed E-state index contributed by atoms with van der Waals surface area (Å²) < 4.78 is 0. The van der Waals surface area contributed by atoms with Gasteiger partial charge < -0.3 is 10.2 Å². The van der Waals surface area contributed by atoms with Gasteiger partial charge in [0.1, 0.15) is 5.82 Å². The molecule has 1 unspecified atom stereocenters. The van der Waals surface area contributed by atoms with E-state index in [0.29, 0.717) is 0 Å². The van der Waals surface area contributed by atoms with Crippen LogP contribution in [0.4, 0.5) is 5.82 Å². The van der Waals surface area contributed by atoms with Gasteiger partial charge in [-0.25, -0.2) is 4.98 Å². The first-order chi connectivity index (χ1) is 9.78. The van der Waals surface area contributed by atoms with Crippen molar-refractivity contribution in [3.8, 4) is 0 Å². The van der Waals surface area contributed by atoms with E-state index < -0.39 is 0 Å². The number of hydrogen-bond acceptors (Lipinski definition) is 4. The highest BCUT2D eigenvalue weighted by atomic mass is 15.3. The van der Waals surface area contributed by atoms with E-state index in [2.05, 4.69) is 41.1 Å². The Kier molecular flexibility index (Phi) is 4.22. The average Bonchev–Trinajstić information content (AvgIpc) is 2.93. The van der Waals surface area contributed by atoms with E-state index in [1.54, 1.807) is 0 Å². The van der Waals surface area contributed by atoms with Crippen molar-refractivity contribution in [1.29, 1.82) is 0 Å². The number of hydrogen-bond donors (Lipinski definition) is 1.